The van der Waals surface area contributed by atoms with Crippen LogP contribution >= 0.6 is 0 Å². The van der Waals surface area contributed by atoms with E-state index in [1.165, 1.54) is 5.56 Å². The van der Waals surface area contributed by atoms with Crippen molar-refractivity contribution in [2.75, 3.05) is 19.3 Å². The van der Waals surface area contributed by atoms with Gasteiger partial charge in [0, 0.05) is 19.3 Å². The average molecular weight is 258 g/mol. The number of H-pyrrole nitrogens is 1. The molecule has 1 heterocycles. The Morgan fingerprint density at radius 3 is 2.63 bits per heavy atom. The monoisotopic (exact) mass is 258 g/mol. The molecule has 1 amide bonds. The highest BCUT2D eigenvalue weighted by Gasteiger charge is 2.19. The van der Waals surface area contributed by atoms with Gasteiger partial charge in [-0.2, -0.15) is 5.10 Å². The van der Waals surface area contributed by atoms with Crippen molar-refractivity contribution < 1.29 is 4.79 Å². The number of nitrogen functional groups attached to an aromatic ring is 1. The minimum atomic E-state index is -0.0975. The highest BCUT2D eigenvalue weighted by atomic mass is 16.2. The second kappa shape index (κ2) is 5.56. The Balaban J connectivity index is 2.01. The molecule has 0 aliphatic heterocycles. The molecule has 0 spiro atoms. The van der Waals surface area contributed by atoms with Crippen molar-refractivity contribution in [1.29, 1.82) is 0 Å². The minimum absolute atomic E-state index is 0.0975. The van der Waals surface area contributed by atoms with Crippen LogP contribution in [0.1, 0.15) is 21.6 Å². The molecule has 0 saturated carbocycles. The van der Waals surface area contributed by atoms with Crippen LogP contribution in [0, 0.1) is 6.92 Å². The molecule has 2 rings (SSSR count). The molecule has 2 aromatic rings. The van der Waals surface area contributed by atoms with Crippen molar-refractivity contribution in [3.05, 3.63) is 47.2 Å². The molecule has 0 saturated heterocycles. The molecule has 0 radical (unpaired) electrons. The van der Waals surface area contributed by atoms with E-state index in [-0.39, 0.29) is 11.7 Å². The van der Waals surface area contributed by atoms with Gasteiger partial charge in [0.05, 0.1) is 0 Å². The van der Waals surface area contributed by atoms with Crippen LogP contribution in [0.5, 0.6) is 0 Å². The number of anilines is 1. The number of amides is 1. The number of likely N-dealkylation sites (N-methyl/N-ethyl adjacent to an activating group) is 1. The first-order chi connectivity index (χ1) is 9.09. The zero-order valence-corrected chi connectivity index (χ0v) is 11.2. The van der Waals surface area contributed by atoms with Gasteiger partial charge in [0.15, 0.2) is 5.82 Å². The molecular weight excluding hydrogens is 240 g/mol. The highest BCUT2D eigenvalue weighted by Crippen LogP contribution is 2.14. The maximum atomic E-state index is 12.3. The summed E-state index contributed by atoms with van der Waals surface area (Å²) in [6.45, 7) is 2.44. The van der Waals surface area contributed by atoms with Gasteiger partial charge in [-0.3, -0.25) is 9.89 Å². The summed E-state index contributed by atoms with van der Waals surface area (Å²) in [6, 6.07) is 10.1. The summed E-state index contributed by atoms with van der Waals surface area (Å²) in [6.07, 6.45) is 0.819. The Morgan fingerprint density at radius 1 is 1.37 bits per heavy atom. The number of aromatic nitrogens is 2. The van der Waals surface area contributed by atoms with Gasteiger partial charge in [0.1, 0.15) is 5.56 Å². The lowest BCUT2D eigenvalue weighted by molar-refractivity contribution is 0.0797. The number of benzene rings is 1. The maximum absolute atomic E-state index is 12.3. The fraction of sp³-hybridized carbons (Fsp3) is 0.286. The molecule has 5 nitrogen and oxygen atoms in total. The summed E-state index contributed by atoms with van der Waals surface area (Å²) in [5, 5.41) is 6.57. The summed E-state index contributed by atoms with van der Waals surface area (Å²) in [5.74, 6) is 0.161. The summed E-state index contributed by atoms with van der Waals surface area (Å²) in [4.78, 5) is 13.9. The Morgan fingerprint density at radius 2 is 2.05 bits per heavy atom. The molecular formula is C14H18N4O. The van der Waals surface area contributed by atoms with E-state index in [1.54, 1.807) is 18.9 Å². The van der Waals surface area contributed by atoms with E-state index in [2.05, 4.69) is 22.3 Å². The molecule has 0 aliphatic rings. The van der Waals surface area contributed by atoms with Crippen molar-refractivity contribution in [2.45, 2.75) is 13.3 Å². The lowest BCUT2D eigenvalue weighted by Crippen LogP contribution is -2.29. The first kappa shape index (κ1) is 13.1. The third-order valence-electron chi connectivity index (χ3n) is 3.11. The zero-order chi connectivity index (χ0) is 13.8. The smallest absolute Gasteiger partial charge is 0.259 e. The van der Waals surface area contributed by atoms with Gasteiger partial charge in [0.2, 0.25) is 0 Å². The van der Waals surface area contributed by atoms with E-state index in [1.807, 2.05) is 18.2 Å². The summed E-state index contributed by atoms with van der Waals surface area (Å²) < 4.78 is 0. The van der Waals surface area contributed by atoms with Gasteiger partial charge >= 0.3 is 0 Å². The fourth-order valence-electron chi connectivity index (χ4n) is 1.95. The normalized spacial score (nSPS) is 10.4. The standard InChI is InChI=1S/C14H18N4O/c1-10-12(13(15)17-16-10)14(19)18(2)9-8-11-6-4-3-5-7-11/h3-7H,8-9H2,1-2H3,(H3,15,16,17). The van der Waals surface area contributed by atoms with Crippen LogP contribution in [0.25, 0.3) is 0 Å². The van der Waals surface area contributed by atoms with E-state index in [4.69, 9.17) is 5.73 Å². The third-order valence-corrected chi connectivity index (χ3v) is 3.11. The predicted octanol–water partition coefficient (Wildman–Crippen LogP) is 1.62. The third kappa shape index (κ3) is 2.93. The number of aryl methyl sites for hydroxylation is 1. The predicted molar refractivity (Wildman–Crippen MR) is 74.8 cm³/mol. The number of aromatic amines is 1. The van der Waals surface area contributed by atoms with Crippen molar-refractivity contribution in [1.82, 2.24) is 15.1 Å². The van der Waals surface area contributed by atoms with Gasteiger partial charge in [-0.25, -0.2) is 0 Å². The van der Waals surface area contributed by atoms with E-state index < -0.39 is 0 Å². The molecule has 1 aromatic heterocycles. The Bertz CT molecular complexity index is 543. The minimum Gasteiger partial charge on any atom is -0.382 e. The summed E-state index contributed by atoms with van der Waals surface area (Å²) in [5.41, 5.74) is 8.08. The topological polar surface area (TPSA) is 75.0 Å². The number of carbonyl (C=O) groups is 1. The van der Waals surface area contributed by atoms with Crippen LogP contribution in [0.4, 0.5) is 5.82 Å². The average Bonchev–Trinajstić information content (AvgIpc) is 2.76. The van der Waals surface area contributed by atoms with E-state index in [0.29, 0.717) is 17.8 Å². The molecule has 0 bridgehead atoms. The van der Waals surface area contributed by atoms with Crippen LogP contribution in [0.15, 0.2) is 30.3 Å². The molecule has 1 aromatic carbocycles. The molecule has 0 fully saturated rings. The molecule has 19 heavy (non-hydrogen) atoms. The first-order valence-electron chi connectivity index (χ1n) is 6.19. The Kier molecular flexibility index (Phi) is 3.85. The molecule has 0 aliphatic carbocycles. The van der Waals surface area contributed by atoms with Crippen molar-refractivity contribution in [3.63, 3.8) is 0 Å². The molecule has 3 N–H and O–H groups in total. The van der Waals surface area contributed by atoms with Gasteiger partial charge in [-0.1, -0.05) is 30.3 Å². The molecule has 0 atom stereocenters. The number of hydrogen-bond donors (Lipinski definition) is 2. The quantitative estimate of drug-likeness (QED) is 0.875. The molecule has 100 valence electrons. The van der Waals surface area contributed by atoms with Crippen molar-refractivity contribution >= 4 is 11.7 Å². The highest BCUT2D eigenvalue weighted by molar-refractivity contribution is 5.99. The number of nitrogens with two attached hydrogens (primary N) is 1. The van der Waals surface area contributed by atoms with E-state index >= 15 is 0 Å². The summed E-state index contributed by atoms with van der Waals surface area (Å²) >= 11 is 0. The second-order valence-electron chi connectivity index (χ2n) is 4.57. The van der Waals surface area contributed by atoms with Gasteiger partial charge in [-0.05, 0) is 18.9 Å². The van der Waals surface area contributed by atoms with Gasteiger partial charge in [0.25, 0.3) is 5.91 Å². The zero-order valence-electron chi connectivity index (χ0n) is 11.2. The van der Waals surface area contributed by atoms with Crippen LogP contribution in [0.3, 0.4) is 0 Å². The second-order valence-corrected chi connectivity index (χ2v) is 4.57. The largest absolute Gasteiger partial charge is 0.382 e. The van der Waals surface area contributed by atoms with Crippen LogP contribution in [-0.2, 0) is 6.42 Å². The van der Waals surface area contributed by atoms with Crippen LogP contribution in [-0.4, -0.2) is 34.6 Å². The van der Waals surface area contributed by atoms with Gasteiger partial charge in [-0.15, -0.1) is 0 Å². The fourth-order valence-corrected chi connectivity index (χ4v) is 1.95. The maximum Gasteiger partial charge on any atom is 0.259 e. The number of carbonyl (C=O) groups excluding carboxylic acids is 1. The Hall–Kier alpha value is -2.30. The Labute approximate surface area is 112 Å². The molecule has 0 unspecified atom stereocenters. The lowest BCUT2D eigenvalue weighted by atomic mass is 10.1. The summed E-state index contributed by atoms with van der Waals surface area (Å²) in [7, 11) is 1.77. The van der Waals surface area contributed by atoms with E-state index in [9.17, 15) is 4.79 Å². The van der Waals surface area contributed by atoms with Crippen molar-refractivity contribution in [2.24, 2.45) is 0 Å². The van der Waals surface area contributed by atoms with Crippen LogP contribution < -0.4 is 5.73 Å². The van der Waals surface area contributed by atoms with Crippen molar-refractivity contribution in [3.8, 4) is 0 Å². The first-order valence-corrected chi connectivity index (χ1v) is 6.19. The van der Waals surface area contributed by atoms with E-state index in [0.717, 1.165) is 6.42 Å². The number of nitrogens with zero attached hydrogens (tertiary/aromatic N) is 2. The van der Waals surface area contributed by atoms with Crippen LogP contribution in [0.2, 0.25) is 0 Å². The SMILES string of the molecule is Cc1[nH]nc(N)c1C(=O)N(C)CCc1ccccc1. The van der Waals surface area contributed by atoms with Gasteiger partial charge < -0.3 is 10.6 Å². The lowest BCUT2D eigenvalue weighted by Gasteiger charge is -2.17. The number of hydrogen-bond acceptors (Lipinski definition) is 3. The molecule has 5 heteroatoms. The number of rotatable bonds is 4. The number of nitrogens with one attached hydrogen (secondary N) is 1.